The van der Waals surface area contributed by atoms with Crippen LogP contribution in [0.5, 0.6) is 0 Å². The summed E-state index contributed by atoms with van der Waals surface area (Å²) < 4.78 is 0. The topological polar surface area (TPSA) is 37.3 Å². The number of aliphatic hydroxyl groups is 1. The van der Waals surface area contributed by atoms with Crippen LogP contribution in [0, 0.1) is 5.41 Å². The van der Waals surface area contributed by atoms with Gasteiger partial charge in [-0.05, 0) is 24.8 Å². The smallest absolute Gasteiger partial charge is 0.217 e. The number of aliphatic hydroxyl groups excluding tert-OH is 1. The van der Waals surface area contributed by atoms with E-state index < -0.39 is 4.87 Å². The Kier molecular flexibility index (Phi) is 1.99. The molecule has 0 saturated carbocycles. The summed E-state index contributed by atoms with van der Waals surface area (Å²) in [6.45, 7) is 5.52. The first-order valence-electron chi connectivity index (χ1n) is 3.90. The summed E-state index contributed by atoms with van der Waals surface area (Å²) in [5.41, 5.74) is -0.200. The molecule has 1 N–H and O–H groups in total. The maximum absolute atomic E-state index is 11.3. The van der Waals surface area contributed by atoms with Gasteiger partial charge in [-0.3, -0.25) is 4.79 Å². The Hall–Kier alpha value is -0.500. The van der Waals surface area contributed by atoms with Crippen molar-refractivity contribution >= 4 is 17.4 Å². The van der Waals surface area contributed by atoms with Gasteiger partial charge in [-0.15, -0.1) is 11.6 Å². The highest BCUT2D eigenvalue weighted by Crippen LogP contribution is 2.40. The summed E-state index contributed by atoms with van der Waals surface area (Å²) in [7, 11) is 0. The van der Waals surface area contributed by atoms with Gasteiger partial charge in [0.25, 0.3) is 0 Å². The van der Waals surface area contributed by atoms with Crippen LogP contribution in [0.4, 0.5) is 0 Å². The number of halogens is 1. The van der Waals surface area contributed by atoms with Gasteiger partial charge in [0.15, 0.2) is 5.76 Å². The number of hydrogen-bond acceptors (Lipinski definition) is 2. The molecule has 1 atom stereocenters. The standard InChI is InChI=1S/C9H13ClO2/c1-8(2)4-6(11)7(12)9(3,10)5-8/h4,11H,5H2,1-3H3. The quantitative estimate of drug-likeness (QED) is 0.593. The average molecular weight is 189 g/mol. The lowest BCUT2D eigenvalue weighted by atomic mass is 9.76. The largest absolute Gasteiger partial charge is 0.505 e. The van der Waals surface area contributed by atoms with Gasteiger partial charge in [-0.1, -0.05) is 13.8 Å². The van der Waals surface area contributed by atoms with Gasteiger partial charge in [-0.2, -0.15) is 0 Å². The number of ketones is 1. The first kappa shape index (κ1) is 9.59. The fraction of sp³-hybridized carbons (Fsp3) is 0.667. The minimum absolute atomic E-state index is 0.200. The van der Waals surface area contributed by atoms with E-state index in [0.717, 1.165) is 0 Å². The van der Waals surface area contributed by atoms with Crippen molar-refractivity contribution in [2.75, 3.05) is 0 Å². The third-order valence-electron chi connectivity index (χ3n) is 2.02. The molecule has 0 aliphatic heterocycles. The molecule has 0 saturated heterocycles. The lowest BCUT2D eigenvalue weighted by Crippen LogP contribution is -2.39. The van der Waals surface area contributed by atoms with Crippen LogP contribution in [0.15, 0.2) is 11.8 Å². The zero-order valence-electron chi connectivity index (χ0n) is 7.52. The Bertz CT molecular complexity index is 251. The van der Waals surface area contributed by atoms with Gasteiger partial charge < -0.3 is 5.11 Å². The summed E-state index contributed by atoms with van der Waals surface area (Å²) in [4.78, 5) is 10.3. The van der Waals surface area contributed by atoms with Gasteiger partial charge >= 0.3 is 0 Å². The molecule has 3 heteroatoms. The Morgan fingerprint density at radius 2 is 2.00 bits per heavy atom. The second-order valence-electron chi connectivity index (χ2n) is 4.22. The monoisotopic (exact) mass is 188 g/mol. The highest BCUT2D eigenvalue weighted by molar-refractivity contribution is 6.37. The number of Topliss-reactive ketones (excluding diaryl/α,β-unsaturated/α-hetero) is 1. The molecule has 1 rings (SSSR count). The van der Waals surface area contributed by atoms with E-state index >= 15 is 0 Å². The minimum atomic E-state index is -0.942. The molecule has 0 bridgehead atoms. The summed E-state index contributed by atoms with van der Waals surface area (Å²) in [5.74, 6) is -0.577. The Balaban J connectivity index is 3.09. The summed E-state index contributed by atoms with van der Waals surface area (Å²) in [6.07, 6.45) is 2.13. The number of carbonyl (C=O) groups excluding carboxylic acids is 1. The van der Waals surface area contributed by atoms with E-state index in [2.05, 4.69) is 0 Å². The van der Waals surface area contributed by atoms with Gasteiger partial charge in [0.1, 0.15) is 4.87 Å². The molecule has 0 radical (unpaired) electrons. The van der Waals surface area contributed by atoms with Crippen molar-refractivity contribution in [2.45, 2.75) is 32.1 Å². The van der Waals surface area contributed by atoms with Crippen LogP contribution in [0.3, 0.4) is 0 Å². The predicted molar refractivity (Wildman–Crippen MR) is 48.4 cm³/mol. The molecule has 1 unspecified atom stereocenters. The Morgan fingerprint density at radius 3 is 2.42 bits per heavy atom. The van der Waals surface area contributed by atoms with E-state index in [1.54, 1.807) is 13.0 Å². The number of alkyl halides is 1. The molecule has 12 heavy (non-hydrogen) atoms. The highest BCUT2D eigenvalue weighted by Gasteiger charge is 2.42. The molecule has 1 aliphatic rings. The van der Waals surface area contributed by atoms with E-state index in [4.69, 9.17) is 11.6 Å². The first-order valence-corrected chi connectivity index (χ1v) is 4.28. The fourth-order valence-electron chi connectivity index (χ4n) is 1.69. The number of hydrogen-bond donors (Lipinski definition) is 1. The maximum Gasteiger partial charge on any atom is 0.217 e. The van der Waals surface area contributed by atoms with Gasteiger partial charge in [-0.25, -0.2) is 0 Å². The zero-order chi connectivity index (χ0) is 9.57. The minimum Gasteiger partial charge on any atom is -0.505 e. The van der Waals surface area contributed by atoms with Gasteiger partial charge in [0.05, 0.1) is 0 Å². The number of allylic oxidation sites excluding steroid dienone is 2. The maximum atomic E-state index is 11.3. The summed E-state index contributed by atoms with van der Waals surface area (Å²) in [6, 6.07) is 0. The van der Waals surface area contributed by atoms with Crippen LogP contribution >= 0.6 is 11.6 Å². The number of rotatable bonds is 0. The third kappa shape index (κ3) is 1.63. The average Bonchev–Trinajstić information content (AvgIpc) is 1.79. The molecule has 0 amide bonds. The van der Waals surface area contributed by atoms with Crippen molar-refractivity contribution in [3.05, 3.63) is 11.8 Å². The normalized spacial score (nSPS) is 34.7. The SMILES string of the molecule is CC1(C)C=C(O)C(=O)C(C)(Cl)C1. The van der Waals surface area contributed by atoms with Crippen LogP contribution in [-0.2, 0) is 4.79 Å². The predicted octanol–water partition coefficient (Wildman–Crippen LogP) is 2.42. The summed E-state index contributed by atoms with van der Waals surface area (Å²) in [5, 5.41) is 9.28. The van der Waals surface area contributed by atoms with Crippen molar-refractivity contribution in [3.8, 4) is 0 Å². The van der Waals surface area contributed by atoms with Crippen molar-refractivity contribution in [2.24, 2.45) is 5.41 Å². The third-order valence-corrected chi connectivity index (χ3v) is 2.33. The van der Waals surface area contributed by atoms with Crippen molar-refractivity contribution in [1.82, 2.24) is 0 Å². The summed E-state index contributed by atoms with van der Waals surface area (Å²) >= 11 is 5.95. The molecule has 68 valence electrons. The van der Waals surface area contributed by atoms with E-state index in [9.17, 15) is 9.90 Å². The van der Waals surface area contributed by atoms with E-state index in [-0.39, 0.29) is 17.0 Å². The lowest BCUT2D eigenvalue weighted by molar-refractivity contribution is -0.121. The van der Waals surface area contributed by atoms with Crippen LogP contribution in [0.25, 0.3) is 0 Å². The van der Waals surface area contributed by atoms with Gasteiger partial charge in [0.2, 0.25) is 5.78 Å². The molecule has 2 nitrogen and oxygen atoms in total. The molecule has 0 aromatic carbocycles. The van der Waals surface area contributed by atoms with E-state index in [0.29, 0.717) is 6.42 Å². The highest BCUT2D eigenvalue weighted by atomic mass is 35.5. The molecular formula is C9H13ClO2. The van der Waals surface area contributed by atoms with E-state index in [1.807, 2.05) is 13.8 Å². The van der Waals surface area contributed by atoms with E-state index in [1.165, 1.54) is 0 Å². The molecule has 0 spiro atoms. The zero-order valence-corrected chi connectivity index (χ0v) is 8.27. The molecule has 1 aliphatic carbocycles. The van der Waals surface area contributed by atoms with Crippen molar-refractivity contribution in [3.63, 3.8) is 0 Å². The lowest BCUT2D eigenvalue weighted by Gasteiger charge is -2.34. The first-order chi connectivity index (χ1) is 5.25. The second-order valence-corrected chi connectivity index (χ2v) is 5.06. The van der Waals surface area contributed by atoms with Crippen LogP contribution in [0.2, 0.25) is 0 Å². The van der Waals surface area contributed by atoms with Crippen LogP contribution in [-0.4, -0.2) is 15.8 Å². The molecule has 0 aromatic rings. The second kappa shape index (κ2) is 2.49. The molecule has 0 aromatic heterocycles. The van der Waals surface area contributed by atoms with Crippen LogP contribution in [0.1, 0.15) is 27.2 Å². The number of carbonyl (C=O) groups is 1. The Morgan fingerprint density at radius 1 is 1.50 bits per heavy atom. The van der Waals surface area contributed by atoms with Crippen molar-refractivity contribution in [1.29, 1.82) is 0 Å². The molecule has 0 heterocycles. The molecular weight excluding hydrogens is 176 g/mol. The van der Waals surface area contributed by atoms with Crippen molar-refractivity contribution < 1.29 is 9.90 Å². The fourth-order valence-corrected chi connectivity index (χ4v) is 2.13. The van der Waals surface area contributed by atoms with Crippen LogP contribution < -0.4 is 0 Å². The molecule has 0 fully saturated rings. The Labute approximate surface area is 77.2 Å². The van der Waals surface area contributed by atoms with Gasteiger partial charge in [0, 0.05) is 0 Å².